The number of alkyl halides is 3. The van der Waals surface area contributed by atoms with Gasteiger partial charge < -0.3 is 4.74 Å². The first kappa shape index (κ1) is 16.6. The van der Waals surface area contributed by atoms with E-state index in [1.165, 1.54) is 13.0 Å². The maximum absolute atomic E-state index is 13.1. The van der Waals surface area contributed by atoms with Crippen LogP contribution in [0.15, 0.2) is 18.2 Å². The van der Waals surface area contributed by atoms with Gasteiger partial charge >= 0.3 is 6.18 Å². The number of ether oxygens (including phenoxy) is 1. The Morgan fingerprint density at radius 1 is 0.960 bits per heavy atom. The number of hydrogen-bond donors (Lipinski definition) is 0. The van der Waals surface area contributed by atoms with Gasteiger partial charge in [0.25, 0.3) is 0 Å². The third kappa shape index (κ3) is 2.18. The molecule has 1 aromatic carbocycles. The quantitative estimate of drug-likeness (QED) is 0.729. The Labute approximate surface area is 142 Å². The third-order valence-electron chi connectivity index (χ3n) is 5.93. The first-order valence-electron chi connectivity index (χ1n) is 8.33. The summed E-state index contributed by atoms with van der Waals surface area (Å²) in [5.74, 6) is -1.77. The number of amides is 2. The van der Waals surface area contributed by atoms with Gasteiger partial charge in [-0.1, -0.05) is 13.8 Å². The second-order valence-corrected chi connectivity index (χ2v) is 7.40. The van der Waals surface area contributed by atoms with Crippen molar-refractivity contribution in [3.05, 3.63) is 29.3 Å². The maximum Gasteiger partial charge on any atom is 0.416 e. The van der Waals surface area contributed by atoms with E-state index in [-0.39, 0.29) is 29.7 Å². The fraction of sp³-hybridized carbons (Fsp3) is 0.556. The summed E-state index contributed by atoms with van der Waals surface area (Å²) in [6.07, 6.45) is -5.20. The van der Waals surface area contributed by atoms with Crippen LogP contribution in [0.5, 0.6) is 0 Å². The average molecular weight is 353 g/mol. The van der Waals surface area contributed by atoms with E-state index in [0.29, 0.717) is 5.56 Å². The van der Waals surface area contributed by atoms with E-state index in [0.717, 1.165) is 17.0 Å². The molecule has 3 aliphatic rings. The molecule has 4 rings (SSSR count). The van der Waals surface area contributed by atoms with Crippen molar-refractivity contribution in [1.29, 1.82) is 0 Å². The summed E-state index contributed by atoms with van der Waals surface area (Å²) in [5, 5.41) is 0. The van der Waals surface area contributed by atoms with Gasteiger partial charge in [-0.05, 0) is 42.5 Å². The van der Waals surface area contributed by atoms with Crippen LogP contribution in [0.1, 0.15) is 25.0 Å². The number of rotatable bonds is 1. The molecular formula is C18H18F3NO3. The van der Waals surface area contributed by atoms with Gasteiger partial charge in [0.05, 0.1) is 35.3 Å². The molecule has 3 fully saturated rings. The third-order valence-corrected chi connectivity index (χ3v) is 5.93. The molecular weight excluding hydrogens is 335 g/mol. The first-order chi connectivity index (χ1) is 11.6. The molecule has 1 aromatic rings. The van der Waals surface area contributed by atoms with Crippen LogP contribution in [-0.4, -0.2) is 24.0 Å². The molecule has 0 radical (unpaired) electrons. The molecule has 3 aliphatic heterocycles. The smallest absolute Gasteiger partial charge is 0.373 e. The van der Waals surface area contributed by atoms with E-state index < -0.39 is 35.4 Å². The lowest BCUT2D eigenvalue weighted by atomic mass is 9.70. The van der Waals surface area contributed by atoms with Gasteiger partial charge in [-0.2, -0.15) is 13.2 Å². The van der Waals surface area contributed by atoms with Crippen LogP contribution in [-0.2, 0) is 20.5 Å². The number of nitrogens with zero attached hydrogens (tertiary/aromatic N) is 1. The van der Waals surface area contributed by atoms with E-state index in [2.05, 4.69) is 0 Å². The fourth-order valence-electron chi connectivity index (χ4n) is 4.56. The summed E-state index contributed by atoms with van der Waals surface area (Å²) in [7, 11) is 0. The highest BCUT2D eigenvalue weighted by atomic mass is 19.4. The van der Waals surface area contributed by atoms with Crippen LogP contribution in [0, 0.1) is 30.6 Å². The molecule has 0 aromatic heterocycles. The van der Waals surface area contributed by atoms with Gasteiger partial charge in [0.1, 0.15) is 0 Å². The zero-order valence-electron chi connectivity index (χ0n) is 14.0. The molecule has 4 nitrogen and oxygen atoms in total. The second-order valence-electron chi connectivity index (χ2n) is 7.40. The zero-order chi connectivity index (χ0) is 18.3. The van der Waals surface area contributed by atoms with Gasteiger partial charge in [-0.25, -0.2) is 4.90 Å². The zero-order valence-corrected chi connectivity index (χ0v) is 14.0. The molecule has 0 N–H and O–H groups in total. The first-order valence-corrected chi connectivity index (χ1v) is 8.33. The summed E-state index contributed by atoms with van der Waals surface area (Å²) >= 11 is 0. The molecule has 25 heavy (non-hydrogen) atoms. The van der Waals surface area contributed by atoms with E-state index >= 15 is 0 Å². The summed E-state index contributed by atoms with van der Waals surface area (Å²) in [6, 6.07) is 3.33. The summed E-state index contributed by atoms with van der Waals surface area (Å²) in [6.45, 7) is 5.49. The Morgan fingerprint density at radius 2 is 1.48 bits per heavy atom. The predicted octanol–water partition coefficient (Wildman–Crippen LogP) is 3.17. The number of anilines is 1. The van der Waals surface area contributed by atoms with Crippen LogP contribution in [0.2, 0.25) is 0 Å². The Morgan fingerprint density at radius 3 is 1.96 bits per heavy atom. The number of benzene rings is 1. The van der Waals surface area contributed by atoms with Crippen LogP contribution in [0.3, 0.4) is 0 Å². The van der Waals surface area contributed by atoms with Gasteiger partial charge in [0, 0.05) is 0 Å². The van der Waals surface area contributed by atoms with E-state index in [9.17, 15) is 22.8 Å². The molecule has 6 atom stereocenters. The van der Waals surface area contributed by atoms with Gasteiger partial charge in [-0.15, -0.1) is 0 Å². The molecule has 0 spiro atoms. The SMILES string of the molecule is Cc1cc(N2C(=O)C3C4OC(C(C)C4C)C3C2=O)cc(C(F)(F)F)c1. The number of carbonyl (C=O) groups is 2. The van der Waals surface area contributed by atoms with Crippen LogP contribution >= 0.6 is 0 Å². The molecule has 3 saturated heterocycles. The molecule has 7 heteroatoms. The van der Waals surface area contributed by atoms with Crippen molar-refractivity contribution in [2.75, 3.05) is 4.90 Å². The average Bonchev–Trinajstić information content (AvgIpc) is 3.11. The minimum absolute atomic E-state index is 0.00330. The highest BCUT2D eigenvalue weighted by molar-refractivity contribution is 6.22. The highest BCUT2D eigenvalue weighted by Gasteiger charge is 2.67. The lowest BCUT2D eigenvalue weighted by Gasteiger charge is -2.27. The van der Waals surface area contributed by atoms with Crippen LogP contribution in [0.25, 0.3) is 0 Å². The number of imide groups is 1. The van der Waals surface area contributed by atoms with Gasteiger partial charge in [0.15, 0.2) is 0 Å². The number of hydrogen-bond acceptors (Lipinski definition) is 3. The largest absolute Gasteiger partial charge is 0.416 e. The summed E-state index contributed by atoms with van der Waals surface area (Å²) in [5.41, 5.74) is -0.513. The maximum atomic E-state index is 13.1. The highest BCUT2D eigenvalue weighted by Crippen LogP contribution is 2.54. The molecule has 0 aliphatic carbocycles. The summed E-state index contributed by atoms with van der Waals surface area (Å²) < 4.78 is 45.1. The number of aryl methyl sites for hydroxylation is 1. The Hall–Kier alpha value is -1.89. The monoisotopic (exact) mass is 353 g/mol. The standard InChI is InChI=1S/C18H18F3NO3/c1-7-4-10(18(19,20)21)6-11(5-7)22-16(23)12-13(17(22)24)15-9(3)8(2)14(12)25-15/h4-6,8-9,12-15H,1-3H3. The van der Waals surface area contributed by atoms with E-state index in [1.54, 1.807) is 0 Å². The second kappa shape index (κ2) is 5.06. The van der Waals surface area contributed by atoms with Crippen molar-refractivity contribution in [2.45, 2.75) is 39.2 Å². The van der Waals surface area contributed by atoms with Gasteiger partial charge in [0.2, 0.25) is 11.8 Å². The molecule has 3 heterocycles. The molecule has 2 amide bonds. The molecule has 2 bridgehead atoms. The predicted molar refractivity (Wildman–Crippen MR) is 82.6 cm³/mol. The van der Waals surface area contributed by atoms with Gasteiger partial charge in [-0.3, -0.25) is 9.59 Å². The Bertz CT molecular complexity index is 743. The lowest BCUT2D eigenvalue weighted by molar-refractivity contribution is -0.137. The molecule has 6 unspecified atom stereocenters. The van der Waals surface area contributed by atoms with Crippen LogP contribution in [0.4, 0.5) is 18.9 Å². The Balaban J connectivity index is 1.75. The van der Waals surface area contributed by atoms with E-state index in [1.807, 2.05) is 13.8 Å². The lowest BCUT2D eigenvalue weighted by Crippen LogP contribution is -2.38. The van der Waals surface area contributed by atoms with E-state index in [4.69, 9.17) is 4.74 Å². The Kier molecular flexibility index (Phi) is 3.36. The van der Waals surface area contributed by atoms with Crippen molar-refractivity contribution in [2.24, 2.45) is 23.7 Å². The minimum Gasteiger partial charge on any atom is -0.373 e. The number of fused-ring (bicyclic) bond motifs is 5. The molecule has 134 valence electrons. The van der Waals surface area contributed by atoms with Crippen molar-refractivity contribution in [1.82, 2.24) is 0 Å². The van der Waals surface area contributed by atoms with Crippen LogP contribution < -0.4 is 4.90 Å². The topological polar surface area (TPSA) is 46.6 Å². The molecule has 0 saturated carbocycles. The van der Waals surface area contributed by atoms with Crippen molar-refractivity contribution in [3.63, 3.8) is 0 Å². The number of halogens is 3. The van der Waals surface area contributed by atoms with Crippen molar-refractivity contribution in [3.8, 4) is 0 Å². The normalized spacial score (nSPS) is 37.1. The fourth-order valence-corrected chi connectivity index (χ4v) is 4.56. The number of carbonyl (C=O) groups excluding carboxylic acids is 2. The van der Waals surface area contributed by atoms with Crippen molar-refractivity contribution < 1.29 is 27.5 Å². The minimum atomic E-state index is -4.53. The van der Waals surface area contributed by atoms with Crippen molar-refractivity contribution >= 4 is 17.5 Å². The summed E-state index contributed by atoms with van der Waals surface area (Å²) in [4.78, 5) is 26.6.